The fraction of sp³-hybridized carbons (Fsp3) is 0.385. The number of methoxy groups -OCH3 is 1. The highest BCUT2D eigenvalue weighted by molar-refractivity contribution is 9.10. The van der Waals surface area contributed by atoms with Crippen LogP contribution in [0.25, 0.3) is 0 Å². The quantitative estimate of drug-likeness (QED) is 0.822. The molecule has 0 spiro atoms. The van der Waals surface area contributed by atoms with Crippen molar-refractivity contribution in [1.29, 1.82) is 0 Å². The van der Waals surface area contributed by atoms with E-state index in [1.165, 1.54) is 12.0 Å². The third-order valence-electron chi connectivity index (χ3n) is 2.61. The van der Waals surface area contributed by atoms with Gasteiger partial charge < -0.3 is 20.1 Å². The molecule has 1 rings (SSSR count). The minimum absolute atomic E-state index is 0.0762. The molecule has 0 radical (unpaired) electrons. The summed E-state index contributed by atoms with van der Waals surface area (Å²) in [4.78, 5) is 24.2. The summed E-state index contributed by atoms with van der Waals surface area (Å²) in [5.41, 5.74) is 0.949. The molecular weight excluding hydrogens is 328 g/mol. The number of aliphatic carboxylic acids is 1. The van der Waals surface area contributed by atoms with Crippen LogP contribution < -0.4 is 5.32 Å². The molecule has 6 nitrogen and oxygen atoms in total. The smallest absolute Gasteiger partial charge is 0.328 e. The third-order valence-corrected chi connectivity index (χ3v) is 3.14. The average molecular weight is 345 g/mol. The highest BCUT2D eigenvalue weighted by Gasteiger charge is 2.21. The van der Waals surface area contributed by atoms with Crippen LogP contribution >= 0.6 is 15.9 Å². The molecule has 2 N–H and O–H groups in total. The molecule has 0 aromatic heterocycles. The Hall–Kier alpha value is -1.60. The van der Waals surface area contributed by atoms with E-state index >= 15 is 0 Å². The second-order valence-corrected chi connectivity index (χ2v) is 5.19. The van der Waals surface area contributed by atoms with Crippen molar-refractivity contribution in [1.82, 2.24) is 10.2 Å². The number of carbonyl (C=O) groups is 2. The summed E-state index contributed by atoms with van der Waals surface area (Å²) in [6, 6.07) is 6.02. The summed E-state index contributed by atoms with van der Waals surface area (Å²) < 4.78 is 5.72. The van der Waals surface area contributed by atoms with Crippen LogP contribution in [0.15, 0.2) is 28.7 Å². The average Bonchev–Trinajstić information content (AvgIpc) is 2.40. The van der Waals surface area contributed by atoms with Gasteiger partial charge in [-0.3, -0.25) is 0 Å². The highest BCUT2D eigenvalue weighted by Crippen LogP contribution is 2.11. The zero-order chi connectivity index (χ0) is 15.1. The maximum absolute atomic E-state index is 11.9. The number of urea groups is 1. The highest BCUT2D eigenvalue weighted by atomic mass is 79.9. The van der Waals surface area contributed by atoms with E-state index in [9.17, 15) is 9.59 Å². The van der Waals surface area contributed by atoms with Crippen LogP contribution in [-0.2, 0) is 16.1 Å². The van der Waals surface area contributed by atoms with E-state index in [2.05, 4.69) is 21.2 Å². The van der Waals surface area contributed by atoms with Crippen molar-refractivity contribution in [3.05, 3.63) is 34.3 Å². The van der Waals surface area contributed by atoms with Gasteiger partial charge in [0.15, 0.2) is 6.04 Å². The van der Waals surface area contributed by atoms with Gasteiger partial charge in [-0.25, -0.2) is 9.59 Å². The van der Waals surface area contributed by atoms with E-state index in [4.69, 9.17) is 9.84 Å². The van der Waals surface area contributed by atoms with Crippen LogP contribution in [0.3, 0.4) is 0 Å². The number of nitrogens with one attached hydrogen (secondary N) is 1. The maximum atomic E-state index is 11.9. The number of amides is 2. The number of carboxylic acids is 1. The minimum atomic E-state index is -1.13. The number of benzene rings is 1. The van der Waals surface area contributed by atoms with Gasteiger partial charge in [-0.05, 0) is 17.7 Å². The lowest BCUT2D eigenvalue weighted by atomic mass is 10.2. The zero-order valence-electron chi connectivity index (χ0n) is 11.3. The lowest BCUT2D eigenvalue weighted by Gasteiger charge is -2.21. The minimum Gasteiger partial charge on any atom is -0.480 e. The molecule has 0 saturated carbocycles. The molecule has 110 valence electrons. The Morgan fingerprint density at radius 3 is 2.50 bits per heavy atom. The van der Waals surface area contributed by atoms with E-state index < -0.39 is 18.0 Å². The summed E-state index contributed by atoms with van der Waals surface area (Å²) in [5, 5.41) is 11.3. The van der Waals surface area contributed by atoms with Gasteiger partial charge in [0.2, 0.25) is 0 Å². The monoisotopic (exact) mass is 344 g/mol. The second-order valence-electron chi connectivity index (χ2n) is 4.28. The SMILES string of the molecule is COCC(NC(=O)N(C)Cc1ccc(Br)cc1)C(=O)O. The van der Waals surface area contributed by atoms with Crippen molar-refractivity contribution in [2.75, 3.05) is 20.8 Å². The molecular formula is C13H17BrN2O4. The van der Waals surface area contributed by atoms with Gasteiger partial charge in [0.05, 0.1) is 6.61 Å². The van der Waals surface area contributed by atoms with Crippen LogP contribution in [0.1, 0.15) is 5.56 Å². The van der Waals surface area contributed by atoms with Crippen molar-refractivity contribution in [3.8, 4) is 0 Å². The first-order valence-corrected chi connectivity index (χ1v) is 6.71. The Bertz CT molecular complexity index is 464. The molecule has 0 fully saturated rings. The number of hydrogen-bond donors (Lipinski definition) is 2. The number of carbonyl (C=O) groups excluding carboxylic acids is 1. The standard InChI is InChI=1S/C13H17BrN2O4/c1-16(7-9-3-5-10(14)6-4-9)13(19)15-11(8-20-2)12(17)18/h3-6,11H,7-8H2,1-2H3,(H,15,19)(H,17,18). The van der Waals surface area contributed by atoms with E-state index in [-0.39, 0.29) is 6.61 Å². The summed E-state index contributed by atoms with van der Waals surface area (Å²) in [7, 11) is 2.98. The van der Waals surface area contributed by atoms with Gasteiger partial charge in [-0.1, -0.05) is 28.1 Å². The summed E-state index contributed by atoms with van der Waals surface area (Å²) in [5.74, 6) is -1.13. The predicted octanol–water partition coefficient (Wildman–Crippen LogP) is 1.69. The fourth-order valence-corrected chi connectivity index (χ4v) is 1.80. The van der Waals surface area contributed by atoms with Gasteiger partial charge in [-0.15, -0.1) is 0 Å². The van der Waals surface area contributed by atoms with Gasteiger partial charge in [0.1, 0.15) is 0 Å². The van der Waals surface area contributed by atoms with Crippen molar-refractivity contribution in [2.24, 2.45) is 0 Å². The van der Waals surface area contributed by atoms with Gasteiger partial charge >= 0.3 is 12.0 Å². The van der Waals surface area contributed by atoms with Crippen LogP contribution in [0.4, 0.5) is 4.79 Å². The molecule has 1 aromatic carbocycles. The molecule has 0 saturated heterocycles. The van der Waals surface area contributed by atoms with Gasteiger partial charge in [0, 0.05) is 25.2 Å². The normalized spacial score (nSPS) is 11.8. The Kier molecular flexibility index (Phi) is 6.47. The molecule has 2 amide bonds. The van der Waals surface area contributed by atoms with Crippen molar-refractivity contribution >= 4 is 27.9 Å². The van der Waals surface area contributed by atoms with Crippen LogP contribution in [0.2, 0.25) is 0 Å². The van der Waals surface area contributed by atoms with E-state index in [0.29, 0.717) is 6.54 Å². The van der Waals surface area contributed by atoms with E-state index in [1.54, 1.807) is 7.05 Å². The molecule has 1 atom stereocenters. The number of carboxylic acid groups (broad SMARTS) is 1. The number of ether oxygens (including phenoxy) is 1. The molecule has 0 heterocycles. The Labute approximate surface area is 125 Å². The lowest BCUT2D eigenvalue weighted by molar-refractivity contribution is -0.140. The van der Waals surface area contributed by atoms with Crippen molar-refractivity contribution < 1.29 is 19.4 Å². The molecule has 1 unspecified atom stereocenters. The Morgan fingerprint density at radius 2 is 2.00 bits per heavy atom. The number of rotatable bonds is 6. The molecule has 7 heteroatoms. The number of hydrogen-bond acceptors (Lipinski definition) is 3. The van der Waals surface area contributed by atoms with E-state index in [0.717, 1.165) is 10.0 Å². The first-order chi connectivity index (χ1) is 9.43. The lowest BCUT2D eigenvalue weighted by Crippen LogP contribution is -2.48. The molecule has 0 bridgehead atoms. The molecule has 0 aliphatic heterocycles. The van der Waals surface area contributed by atoms with Crippen LogP contribution in [0.5, 0.6) is 0 Å². The number of nitrogens with zero attached hydrogens (tertiary/aromatic N) is 1. The van der Waals surface area contributed by atoms with Crippen LogP contribution in [-0.4, -0.2) is 48.8 Å². The topological polar surface area (TPSA) is 78.9 Å². The largest absolute Gasteiger partial charge is 0.480 e. The first-order valence-electron chi connectivity index (χ1n) is 5.92. The van der Waals surface area contributed by atoms with Crippen molar-refractivity contribution in [3.63, 3.8) is 0 Å². The molecule has 0 aliphatic rings. The summed E-state index contributed by atoms with van der Waals surface area (Å²) in [6.45, 7) is 0.311. The van der Waals surface area contributed by atoms with E-state index in [1.807, 2.05) is 24.3 Å². The van der Waals surface area contributed by atoms with Crippen molar-refractivity contribution in [2.45, 2.75) is 12.6 Å². The number of halogens is 1. The second kappa shape index (κ2) is 7.86. The maximum Gasteiger partial charge on any atom is 0.328 e. The Balaban J connectivity index is 2.57. The summed E-state index contributed by atoms with van der Waals surface area (Å²) in [6.07, 6.45) is 0. The molecule has 1 aromatic rings. The van der Waals surface area contributed by atoms with Crippen LogP contribution in [0, 0.1) is 0 Å². The molecule has 20 heavy (non-hydrogen) atoms. The summed E-state index contributed by atoms with van der Waals surface area (Å²) >= 11 is 3.33. The first kappa shape index (κ1) is 16.5. The fourth-order valence-electron chi connectivity index (χ4n) is 1.54. The third kappa shape index (κ3) is 5.18. The van der Waals surface area contributed by atoms with Gasteiger partial charge in [0.25, 0.3) is 0 Å². The molecule has 0 aliphatic carbocycles. The Morgan fingerprint density at radius 1 is 1.40 bits per heavy atom. The predicted molar refractivity (Wildman–Crippen MR) is 77.4 cm³/mol. The van der Waals surface area contributed by atoms with Gasteiger partial charge in [-0.2, -0.15) is 0 Å². The zero-order valence-corrected chi connectivity index (χ0v) is 12.9.